The summed E-state index contributed by atoms with van der Waals surface area (Å²) in [5, 5.41) is 3.16. The van der Waals surface area contributed by atoms with Gasteiger partial charge in [-0.3, -0.25) is 4.79 Å². The number of carbonyl (C=O) groups excluding carboxylic acids is 1. The average molecular weight is 314 g/mol. The number of nitrogens with one attached hydrogen (secondary N) is 1. The van der Waals surface area contributed by atoms with Crippen LogP contribution >= 0.6 is 0 Å². The van der Waals surface area contributed by atoms with Crippen molar-refractivity contribution in [2.75, 3.05) is 32.6 Å². The summed E-state index contributed by atoms with van der Waals surface area (Å²) in [6.07, 6.45) is 2.28. The van der Waals surface area contributed by atoms with Crippen LogP contribution in [0.5, 0.6) is 0 Å². The number of ether oxygens (including phenoxy) is 1. The largest absolute Gasteiger partial charge is 0.385 e. The third-order valence-electron chi connectivity index (χ3n) is 3.33. The zero-order chi connectivity index (χ0) is 16.5. The van der Waals surface area contributed by atoms with E-state index in [9.17, 15) is 4.79 Å². The molecule has 0 saturated carbocycles. The van der Waals surface area contributed by atoms with Gasteiger partial charge in [0.15, 0.2) is 0 Å². The van der Waals surface area contributed by atoms with Gasteiger partial charge in [0.05, 0.1) is 0 Å². The predicted octanol–water partition coefficient (Wildman–Crippen LogP) is 2.20. The molecule has 1 N–H and O–H groups in total. The molecule has 2 rings (SSSR count). The average Bonchev–Trinajstić information content (AvgIpc) is 2.59. The molecule has 0 saturated heterocycles. The Kier molecular flexibility index (Phi) is 6.50. The summed E-state index contributed by atoms with van der Waals surface area (Å²) in [4.78, 5) is 22.3. The van der Waals surface area contributed by atoms with Crippen molar-refractivity contribution in [3.05, 3.63) is 54.0 Å². The van der Waals surface area contributed by atoms with Crippen LogP contribution in [0.25, 0.3) is 0 Å². The van der Waals surface area contributed by atoms with Crippen LogP contribution in [-0.2, 0) is 11.3 Å². The lowest BCUT2D eigenvalue weighted by Crippen LogP contribution is -2.27. The first-order chi connectivity index (χ1) is 11.2. The SMILES string of the molecule is COCCCNc1cc(C(=O)N(C)Cc2ccccc2)ncn1. The number of aromatic nitrogens is 2. The minimum Gasteiger partial charge on any atom is -0.385 e. The summed E-state index contributed by atoms with van der Waals surface area (Å²) >= 11 is 0. The van der Waals surface area contributed by atoms with Crippen LogP contribution in [0.1, 0.15) is 22.5 Å². The molecule has 0 bridgehead atoms. The third kappa shape index (κ3) is 5.34. The molecule has 0 aliphatic rings. The van der Waals surface area contributed by atoms with Crippen molar-refractivity contribution >= 4 is 11.7 Å². The number of methoxy groups -OCH3 is 1. The zero-order valence-corrected chi connectivity index (χ0v) is 13.5. The molecule has 0 radical (unpaired) electrons. The van der Waals surface area contributed by atoms with Gasteiger partial charge in [0.1, 0.15) is 17.8 Å². The molecule has 23 heavy (non-hydrogen) atoms. The summed E-state index contributed by atoms with van der Waals surface area (Å²) in [6.45, 7) is 1.96. The Bertz CT molecular complexity index is 619. The second kappa shape index (κ2) is 8.85. The number of hydrogen-bond acceptors (Lipinski definition) is 5. The molecule has 2 aromatic rings. The molecule has 1 aromatic heterocycles. The first-order valence-corrected chi connectivity index (χ1v) is 7.55. The Morgan fingerprint density at radius 3 is 2.78 bits per heavy atom. The van der Waals surface area contributed by atoms with Crippen LogP contribution in [0.2, 0.25) is 0 Å². The van der Waals surface area contributed by atoms with Gasteiger partial charge >= 0.3 is 0 Å². The van der Waals surface area contributed by atoms with Crippen LogP contribution in [0.15, 0.2) is 42.7 Å². The Morgan fingerprint density at radius 2 is 2.04 bits per heavy atom. The van der Waals surface area contributed by atoms with Gasteiger partial charge in [-0.05, 0) is 12.0 Å². The summed E-state index contributed by atoms with van der Waals surface area (Å²) < 4.78 is 5.00. The van der Waals surface area contributed by atoms with E-state index < -0.39 is 0 Å². The monoisotopic (exact) mass is 314 g/mol. The molecule has 122 valence electrons. The lowest BCUT2D eigenvalue weighted by Gasteiger charge is -2.17. The van der Waals surface area contributed by atoms with Crippen molar-refractivity contribution in [1.82, 2.24) is 14.9 Å². The van der Waals surface area contributed by atoms with E-state index in [4.69, 9.17) is 4.74 Å². The second-order valence-electron chi connectivity index (χ2n) is 5.21. The fourth-order valence-corrected chi connectivity index (χ4v) is 2.13. The quantitative estimate of drug-likeness (QED) is 0.757. The zero-order valence-electron chi connectivity index (χ0n) is 13.5. The van der Waals surface area contributed by atoms with Crippen molar-refractivity contribution in [1.29, 1.82) is 0 Å². The summed E-state index contributed by atoms with van der Waals surface area (Å²) in [7, 11) is 3.44. The lowest BCUT2D eigenvalue weighted by molar-refractivity contribution is 0.0779. The molecule has 1 heterocycles. The van der Waals surface area contributed by atoms with E-state index in [-0.39, 0.29) is 5.91 Å². The molecule has 0 atom stereocenters. The molecular formula is C17H22N4O2. The number of rotatable bonds is 8. The fraction of sp³-hybridized carbons (Fsp3) is 0.353. The van der Waals surface area contributed by atoms with E-state index in [1.165, 1.54) is 6.33 Å². The summed E-state index contributed by atoms with van der Waals surface area (Å²) in [5.41, 5.74) is 1.46. The van der Waals surface area contributed by atoms with Gasteiger partial charge in [0.25, 0.3) is 5.91 Å². The lowest BCUT2D eigenvalue weighted by atomic mass is 10.2. The maximum absolute atomic E-state index is 12.5. The Hall–Kier alpha value is -2.47. The molecule has 0 spiro atoms. The van der Waals surface area contributed by atoms with Gasteiger partial charge in [-0.2, -0.15) is 0 Å². The minimum atomic E-state index is -0.129. The number of amides is 1. The highest BCUT2D eigenvalue weighted by molar-refractivity contribution is 5.92. The maximum atomic E-state index is 12.5. The molecular weight excluding hydrogens is 292 g/mol. The predicted molar refractivity (Wildman–Crippen MR) is 89.3 cm³/mol. The second-order valence-corrected chi connectivity index (χ2v) is 5.21. The molecule has 0 aliphatic heterocycles. The van der Waals surface area contributed by atoms with Gasteiger partial charge in [-0.15, -0.1) is 0 Å². The van der Waals surface area contributed by atoms with E-state index in [0.717, 1.165) is 18.5 Å². The van der Waals surface area contributed by atoms with Gasteiger partial charge in [0, 0.05) is 39.9 Å². The van der Waals surface area contributed by atoms with Crippen LogP contribution in [0, 0.1) is 0 Å². The number of benzene rings is 1. The summed E-state index contributed by atoms with van der Waals surface area (Å²) in [6, 6.07) is 11.5. The van der Waals surface area contributed by atoms with Gasteiger partial charge in [-0.25, -0.2) is 9.97 Å². The summed E-state index contributed by atoms with van der Waals surface area (Å²) in [5.74, 6) is 0.517. The first kappa shape index (κ1) is 16.9. The Morgan fingerprint density at radius 1 is 1.26 bits per heavy atom. The van der Waals surface area contributed by atoms with E-state index in [1.54, 1.807) is 25.1 Å². The third-order valence-corrected chi connectivity index (χ3v) is 3.33. The van der Waals surface area contributed by atoms with Crippen LogP contribution in [0.3, 0.4) is 0 Å². The van der Waals surface area contributed by atoms with Crippen molar-refractivity contribution in [2.45, 2.75) is 13.0 Å². The number of anilines is 1. The number of hydrogen-bond donors (Lipinski definition) is 1. The Balaban J connectivity index is 1.95. The van der Waals surface area contributed by atoms with Crippen LogP contribution in [0.4, 0.5) is 5.82 Å². The van der Waals surface area contributed by atoms with Crippen LogP contribution < -0.4 is 5.32 Å². The van der Waals surface area contributed by atoms with E-state index in [1.807, 2.05) is 30.3 Å². The van der Waals surface area contributed by atoms with Crippen molar-refractivity contribution in [3.8, 4) is 0 Å². The number of nitrogens with zero attached hydrogens (tertiary/aromatic N) is 3. The van der Waals surface area contributed by atoms with Crippen molar-refractivity contribution in [3.63, 3.8) is 0 Å². The highest BCUT2D eigenvalue weighted by Gasteiger charge is 2.14. The highest BCUT2D eigenvalue weighted by Crippen LogP contribution is 2.09. The van der Waals surface area contributed by atoms with E-state index in [2.05, 4.69) is 15.3 Å². The normalized spacial score (nSPS) is 10.3. The molecule has 0 fully saturated rings. The Labute approximate surface area is 136 Å². The number of carbonyl (C=O) groups is 1. The maximum Gasteiger partial charge on any atom is 0.272 e. The van der Waals surface area contributed by atoms with Gasteiger partial charge in [0.2, 0.25) is 0 Å². The first-order valence-electron chi connectivity index (χ1n) is 7.55. The topological polar surface area (TPSA) is 67.3 Å². The van der Waals surface area contributed by atoms with Crippen molar-refractivity contribution in [2.24, 2.45) is 0 Å². The van der Waals surface area contributed by atoms with Gasteiger partial charge in [-0.1, -0.05) is 30.3 Å². The molecule has 0 aliphatic carbocycles. The van der Waals surface area contributed by atoms with Crippen molar-refractivity contribution < 1.29 is 9.53 Å². The molecule has 0 unspecified atom stereocenters. The van der Waals surface area contributed by atoms with Gasteiger partial charge < -0.3 is 15.0 Å². The smallest absolute Gasteiger partial charge is 0.272 e. The van der Waals surface area contributed by atoms with Crippen LogP contribution in [-0.4, -0.2) is 48.1 Å². The molecule has 1 aromatic carbocycles. The standard InChI is InChI=1S/C17H22N4O2/c1-21(12-14-7-4-3-5-8-14)17(22)15-11-16(20-13-19-15)18-9-6-10-23-2/h3-5,7-8,11,13H,6,9-10,12H2,1-2H3,(H,18,19,20). The highest BCUT2D eigenvalue weighted by atomic mass is 16.5. The molecule has 6 nitrogen and oxygen atoms in total. The van der Waals surface area contributed by atoms with E-state index in [0.29, 0.717) is 24.7 Å². The van der Waals surface area contributed by atoms with E-state index >= 15 is 0 Å². The minimum absolute atomic E-state index is 0.129. The fourth-order valence-electron chi connectivity index (χ4n) is 2.13. The molecule has 1 amide bonds. The molecule has 6 heteroatoms.